The highest BCUT2D eigenvalue weighted by molar-refractivity contribution is 6.06. The molecule has 24 heavy (non-hydrogen) atoms. The lowest BCUT2D eigenvalue weighted by Gasteiger charge is -2.22. The van der Waals surface area contributed by atoms with Gasteiger partial charge in [-0.3, -0.25) is 9.59 Å². The van der Waals surface area contributed by atoms with Crippen LogP contribution in [0.5, 0.6) is 0 Å². The number of nitrogens with zero attached hydrogens (tertiary/aromatic N) is 1. The lowest BCUT2D eigenvalue weighted by Crippen LogP contribution is -2.30. The minimum atomic E-state index is -0.0675. The molecule has 0 heterocycles. The number of nitrogens with one attached hydrogen (secondary N) is 1. The summed E-state index contributed by atoms with van der Waals surface area (Å²) in [5.41, 5.74) is 4.81. The van der Waals surface area contributed by atoms with Crippen molar-refractivity contribution in [1.82, 2.24) is 5.32 Å². The van der Waals surface area contributed by atoms with Crippen LogP contribution < -0.4 is 10.2 Å². The van der Waals surface area contributed by atoms with Gasteiger partial charge in [0.2, 0.25) is 5.91 Å². The van der Waals surface area contributed by atoms with Crippen LogP contribution in [0, 0.1) is 13.8 Å². The molecular weight excluding hydrogens is 300 g/mol. The molecule has 4 nitrogen and oxygen atoms in total. The zero-order valence-electron chi connectivity index (χ0n) is 14.7. The molecule has 126 valence electrons. The van der Waals surface area contributed by atoms with Gasteiger partial charge < -0.3 is 10.2 Å². The minimum absolute atomic E-state index is 0.0198. The van der Waals surface area contributed by atoms with Gasteiger partial charge in [0, 0.05) is 31.3 Å². The molecular formula is C20H24N2O2. The van der Waals surface area contributed by atoms with E-state index in [-0.39, 0.29) is 11.8 Å². The largest absolute Gasteiger partial charge is 0.352 e. The number of hydrogen-bond acceptors (Lipinski definition) is 2. The number of carbonyl (C=O) groups excluding carboxylic acids is 2. The second-order valence-corrected chi connectivity index (χ2v) is 6.00. The zero-order chi connectivity index (χ0) is 17.7. The van der Waals surface area contributed by atoms with Crippen LogP contribution in [-0.4, -0.2) is 18.4 Å². The van der Waals surface area contributed by atoms with Gasteiger partial charge in [0.25, 0.3) is 5.91 Å². The van der Waals surface area contributed by atoms with Crippen LogP contribution in [0.15, 0.2) is 42.5 Å². The minimum Gasteiger partial charge on any atom is -0.352 e. The fraction of sp³-hybridized carbons (Fsp3) is 0.300. The van der Waals surface area contributed by atoms with E-state index in [0.717, 1.165) is 22.4 Å². The number of hydrogen-bond donors (Lipinski definition) is 1. The van der Waals surface area contributed by atoms with E-state index in [2.05, 4.69) is 11.4 Å². The van der Waals surface area contributed by atoms with Crippen LogP contribution in [0.1, 0.15) is 40.9 Å². The summed E-state index contributed by atoms with van der Waals surface area (Å²) >= 11 is 0. The highest BCUT2D eigenvalue weighted by Gasteiger charge is 2.16. The average Bonchev–Trinajstić information content (AvgIpc) is 2.53. The van der Waals surface area contributed by atoms with Gasteiger partial charge in [-0.2, -0.15) is 0 Å². The maximum atomic E-state index is 12.8. The van der Waals surface area contributed by atoms with Crippen molar-refractivity contribution in [3.05, 3.63) is 64.7 Å². The molecule has 2 amide bonds. The summed E-state index contributed by atoms with van der Waals surface area (Å²) in [4.78, 5) is 25.6. The molecule has 0 atom stereocenters. The fourth-order valence-corrected chi connectivity index (χ4v) is 2.70. The molecule has 0 aliphatic carbocycles. The zero-order valence-corrected chi connectivity index (χ0v) is 14.7. The molecule has 0 bridgehead atoms. The predicted octanol–water partition coefficient (Wildman–Crippen LogP) is 3.61. The van der Waals surface area contributed by atoms with Crippen LogP contribution in [0.3, 0.4) is 0 Å². The van der Waals surface area contributed by atoms with E-state index in [1.165, 1.54) is 6.92 Å². The summed E-state index contributed by atoms with van der Waals surface area (Å²) in [6.45, 7) is 8.60. The molecule has 0 radical (unpaired) electrons. The Kier molecular flexibility index (Phi) is 5.74. The van der Waals surface area contributed by atoms with Crippen molar-refractivity contribution in [1.29, 1.82) is 0 Å². The van der Waals surface area contributed by atoms with E-state index in [4.69, 9.17) is 0 Å². The number of benzene rings is 2. The highest BCUT2D eigenvalue weighted by atomic mass is 16.2. The summed E-state index contributed by atoms with van der Waals surface area (Å²) in [6.07, 6.45) is 0. The second kappa shape index (κ2) is 7.77. The number of amides is 2. The highest BCUT2D eigenvalue weighted by Crippen LogP contribution is 2.21. The van der Waals surface area contributed by atoms with Crippen molar-refractivity contribution < 1.29 is 9.59 Å². The van der Waals surface area contributed by atoms with Crippen molar-refractivity contribution in [3.8, 4) is 0 Å². The molecule has 0 fully saturated rings. The maximum Gasteiger partial charge on any atom is 0.258 e. The van der Waals surface area contributed by atoms with E-state index in [1.807, 2.05) is 57.2 Å². The van der Waals surface area contributed by atoms with Crippen molar-refractivity contribution in [3.63, 3.8) is 0 Å². The van der Waals surface area contributed by atoms with Crippen LogP contribution in [0.25, 0.3) is 0 Å². The Balaban J connectivity index is 2.20. The fourth-order valence-electron chi connectivity index (χ4n) is 2.70. The summed E-state index contributed by atoms with van der Waals surface area (Å²) in [6, 6.07) is 13.5. The van der Waals surface area contributed by atoms with Gasteiger partial charge in [-0.1, -0.05) is 18.2 Å². The van der Waals surface area contributed by atoms with Gasteiger partial charge in [0.1, 0.15) is 0 Å². The predicted molar refractivity (Wildman–Crippen MR) is 97.2 cm³/mol. The Morgan fingerprint density at radius 1 is 1.00 bits per heavy atom. The number of anilines is 1. The van der Waals surface area contributed by atoms with Crippen molar-refractivity contribution >= 4 is 17.5 Å². The number of rotatable bonds is 5. The number of carbonyl (C=O) groups is 2. The van der Waals surface area contributed by atoms with Crippen molar-refractivity contribution in [2.75, 3.05) is 11.4 Å². The Morgan fingerprint density at radius 2 is 1.58 bits per heavy atom. The van der Waals surface area contributed by atoms with Crippen LogP contribution in [0.4, 0.5) is 5.69 Å². The van der Waals surface area contributed by atoms with Crippen LogP contribution in [-0.2, 0) is 11.3 Å². The van der Waals surface area contributed by atoms with Crippen molar-refractivity contribution in [2.24, 2.45) is 0 Å². The van der Waals surface area contributed by atoms with Gasteiger partial charge in [-0.25, -0.2) is 0 Å². The first-order valence-electron chi connectivity index (χ1n) is 8.14. The first-order chi connectivity index (χ1) is 11.4. The lowest BCUT2D eigenvalue weighted by atomic mass is 10.1. The molecule has 0 aliphatic heterocycles. The standard InChI is InChI=1S/C20H24N2O2/c1-5-22(19-11-14(2)10-15(3)12-19)20(24)18-8-6-17(7-9-18)13-21-16(4)23/h6-12H,5,13H2,1-4H3,(H,21,23). The van der Waals surface area contributed by atoms with Gasteiger partial charge in [0.15, 0.2) is 0 Å². The molecule has 0 aromatic heterocycles. The normalized spacial score (nSPS) is 10.3. The number of aryl methyl sites for hydroxylation is 2. The third kappa shape index (κ3) is 4.44. The first-order valence-corrected chi connectivity index (χ1v) is 8.14. The van der Waals surface area contributed by atoms with Gasteiger partial charge in [-0.05, 0) is 61.7 Å². The lowest BCUT2D eigenvalue weighted by molar-refractivity contribution is -0.119. The summed E-state index contributed by atoms with van der Waals surface area (Å²) in [5, 5.41) is 2.75. The average molecular weight is 324 g/mol. The van der Waals surface area contributed by atoms with Crippen LogP contribution >= 0.6 is 0 Å². The third-order valence-electron chi connectivity index (χ3n) is 3.82. The van der Waals surface area contributed by atoms with E-state index < -0.39 is 0 Å². The SMILES string of the molecule is CCN(C(=O)c1ccc(CNC(C)=O)cc1)c1cc(C)cc(C)c1. The maximum absolute atomic E-state index is 12.8. The van der Waals surface area contributed by atoms with Crippen LogP contribution in [0.2, 0.25) is 0 Å². The first kappa shape index (κ1) is 17.7. The monoisotopic (exact) mass is 324 g/mol. The Bertz CT molecular complexity index is 716. The van der Waals surface area contributed by atoms with E-state index in [0.29, 0.717) is 18.7 Å². The Hall–Kier alpha value is -2.62. The van der Waals surface area contributed by atoms with Crippen molar-refractivity contribution in [2.45, 2.75) is 34.2 Å². The molecule has 0 spiro atoms. The Morgan fingerprint density at radius 3 is 2.08 bits per heavy atom. The van der Waals surface area contributed by atoms with Gasteiger partial charge >= 0.3 is 0 Å². The molecule has 4 heteroatoms. The molecule has 2 rings (SSSR count). The topological polar surface area (TPSA) is 49.4 Å². The molecule has 0 saturated heterocycles. The molecule has 1 N–H and O–H groups in total. The molecule has 0 saturated carbocycles. The molecule has 0 unspecified atom stereocenters. The second-order valence-electron chi connectivity index (χ2n) is 6.00. The van der Waals surface area contributed by atoms with E-state index >= 15 is 0 Å². The summed E-state index contributed by atoms with van der Waals surface area (Å²) < 4.78 is 0. The molecule has 0 aliphatic rings. The van der Waals surface area contributed by atoms with Gasteiger partial charge in [0.05, 0.1) is 0 Å². The molecule has 2 aromatic rings. The quantitative estimate of drug-likeness (QED) is 0.913. The Labute approximate surface area is 143 Å². The van der Waals surface area contributed by atoms with E-state index in [1.54, 1.807) is 4.90 Å². The summed E-state index contributed by atoms with van der Waals surface area (Å²) in [5.74, 6) is -0.0873. The third-order valence-corrected chi connectivity index (χ3v) is 3.82. The van der Waals surface area contributed by atoms with E-state index in [9.17, 15) is 9.59 Å². The smallest absolute Gasteiger partial charge is 0.258 e. The summed E-state index contributed by atoms with van der Waals surface area (Å²) in [7, 11) is 0. The van der Waals surface area contributed by atoms with Gasteiger partial charge in [-0.15, -0.1) is 0 Å². The molecule has 2 aromatic carbocycles.